The minimum absolute atomic E-state index is 0.250. The number of nitriles is 1. The van der Waals surface area contributed by atoms with Crippen LogP contribution in [0.15, 0.2) is 34.8 Å². The van der Waals surface area contributed by atoms with Crippen molar-refractivity contribution in [1.29, 1.82) is 5.26 Å². The van der Waals surface area contributed by atoms with E-state index in [1.165, 1.54) is 5.56 Å². The van der Waals surface area contributed by atoms with Gasteiger partial charge in [-0.2, -0.15) is 14.9 Å². The molecule has 5 heteroatoms. The second-order valence-electron chi connectivity index (χ2n) is 4.25. The van der Waals surface area contributed by atoms with Gasteiger partial charge in [-0.15, -0.1) is 0 Å². The van der Waals surface area contributed by atoms with Crippen LogP contribution in [0.3, 0.4) is 0 Å². The summed E-state index contributed by atoms with van der Waals surface area (Å²) in [5.41, 5.74) is 3.98. The predicted molar refractivity (Wildman–Crippen MR) is 78.0 cm³/mol. The molecule has 3 rings (SSSR count). The molecule has 0 fully saturated rings. The van der Waals surface area contributed by atoms with Crippen molar-refractivity contribution in [2.75, 3.05) is 0 Å². The van der Waals surface area contributed by atoms with Crippen molar-refractivity contribution in [2.24, 2.45) is 0 Å². The number of nitrogens with one attached hydrogen (secondary N) is 1. The van der Waals surface area contributed by atoms with Gasteiger partial charge >= 0.3 is 6.15 Å². The molecule has 1 heterocycles. The van der Waals surface area contributed by atoms with E-state index in [2.05, 4.69) is 52.1 Å². The summed E-state index contributed by atoms with van der Waals surface area (Å²) in [5, 5.41) is 11.3. The summed E-state index contributed by atoms with van der Waals surface area (Å²) < 4.78 is 0.921. The Hall–Kier alpha value is -2.41. The number of rotatable bonds is 0. The van der Waals surface area contributed by atoms with Crippen molar-refractivity contribution in [2.45, 2.75) is 6.92 Å². The van der Waals surface area contributed by atoms with E-state index in [1.54, 1.807) is 0 Å². The Kier molecular flexibility index (Phi) is 3.99. The molecule has 4 nitrogen and oxygen atoms in total. The van der Waals surface area contributed by atoms with E-state index >= 15 is 0 Å². The van der Waals surface area contributed by atoms with Crippen LogP contribution in [-0.4, -0.2) is 11.1 Å². The maximum Gasteiger partial charge on any atom is 0.373 e. The normalized spacial score (nSPS) is 9.65. The average Bonchev–Trinajstić information content (AvgIpc) is 2.75. The number of aryl methyl sites for hydroxylation is 1. The van der Waals surface area contributed by atoms with Crippen LogP contribution < -0.4 is 0 Å². The van der Waals surface area contributed by atoms with Crippen molar-refractivity contribution in [3.8, 4) is 6.07 Å². The summed E-state index contributed by atoms with van der Waals surface area (Å²) in [5.74, 6) is 0. The molecule has 2 aromatic carbocycles. The summed E-state index contributed by atoms with van der Waals surface area (Å²) in [6, 6.07) is 12.4. The molecule has 0 aliphatic carbocycles. The van der Waals surface area contributed by atoms with Crippen LogP contribution in [0, 0.1) is 18.3 Å². The van der Waals surface area contributed by atoms with E-state index in [4.69, 9.17) is 9.59 Å². The Morgan fingerprint density at radius 2 is 1.85 bits per heavy atom. The van der Waals surface area contributed by atoms with Gasteiger partial charge in [0.25, 0.3) is 0 Å². The van der Waals surface area contributed by atoms with Gasteiger partial charge < -0.3 is 4.98 Å². The van der Waals surface area contributed by atoms with Crippen LogP contribution in [0.2, 0.25) is 0 Å². The van der Waals surface area contributed by atoms with Gasteiger partial charge in [0.2, 0.25) is 0 Å². The lowest BCUT2D eigenvalue weighted by molar-refractivity contribution is -0.191. The number of halogens is 1. The zero-order chi connectivity index (χ0) is 14.7. The van der Waals surface area contributed by atoms with Gasteiger partial charge in [0.15, 0.2) is 0 Å². The standard InChI is InChI=1S/C14H9BrN2.CO2/c1-8-2-3-11-12(4-8)17-13-6-10(15)5-9(7-16)14(11)13;2-1-3/h2-6,17H,1H3;. The summed E-state index contributed by atoms with van der Waals surface area (Å²) in [6.07, 6.45) is 0.250. The van der Waals surface area contributed by atoms with Gasteiger partial charge in [-0.1, -0.05) is 28.1 Å². The number of nitrogens with zero attached hydrogens (tertiary/aromatic N) is 1. The molecule has 0 saturated carbocycles. The van der Waals surface area contributed by atoms with E-state index in [-0.39, 0.29) is 6.15 Å². The molecule has 0 aliphatic heterocycles. The molecule has 0 unspecified atom stereocenters. The molecular weight excluding hydrogens is 320 g/mol. The van der Waals surface area contributed by atoms with Crippen LogP contribution in [0.5, 0.6) is 0 Å². The Morgan fingerprint density at radius 3 is 2.50 bits per heavy atom. The fourth-order valence-corrected chi connectivity index (χ4v) is 2.67. The molecule has 1 aromatic heterocycles. The molecule has 0 amide bonds. The molecule has 20 heavy (non-hydrogen) atoms. The number of H-pyrrole nitrogens is 1. The van der Waals surface area contributed by atoms with E-state index in [0.717, 1.165) is 26.3 Å². The lowest BCUT2D eigenvalue weighted by atomic mass is 10.1. The lowest BCUT2D eigenvalue weighted by Crippen LogP contribution is -1.77. The summed E-state index contributed by atoms with van der Waals surface area (Å²) in [6.45, 7) is 2.06. The molecule has 0 bridgehead atoms. The third-order valence-electron chi connectivity index (χ3n) is 2.94. The van der Waals surface area contributed by atoms with E-state index in [1.807, 2.05) is 12.1 Å². The monoisotopic (exact) mass is 328 g/mol. The predicted octanol–water partition coefficient (Wildman–Crippen LogP) is 3.68. The number of aromatic amines is 1. The Morgan fingerprint density at radius 1 is 1.15 bits per heavy atom. The fraction of sp³-hybridized carbons (Fsp3) is 0.0667. The Bertz CT molecular complexity index is 869. The number of benzene rings is 2. The average molecular weight is 329 g/mol. The van der Waals surface area contributed by atoms with Crippen molar-refractivity contribution in [3.63, 3.8) is 0 Å². The van der Waals surface area contributed by atoms with Crippen LogP contribution in [-0.2, 0) is 9.59 Å². The van der Waals surface area contributed by atoms with Gasteiger partial charge in [-0.3, -0.25) is 0 Å². The third kappa shape index (κ3) is 2.48. The minimum atomic E-state index is 0.250. The first-order valence-electron chi connectivity index (χ1n) is 5.71. The maximum absolute atomic E-state index is 9.21. The SMILES string of the molecule is Cc1ccc2c(c1)[nH]c1cc(Br)cc(C#N)c12.O=C=O. The van der Waals surface area contributed by atoms with Crippen molar-refractivity contribution >= 4 is 43.9 Å². The quantitative estimate of drug-likeness (QED) is 0.684. The molecule has 0 aliphatic rings. The number of hydrogen-bond acceptors (Lipinski definition) is 3. The largest absolute Gasteiger partial charge is 0.373 e. The summed E-state index contributed by atoms with van der Waals surface area (Å²) >= 11 is 3.42. The van der Waals surface area contributed by atoms with Crippen LogP contribution in [0.1, 0.15) is 11.1 Å². The van der Waals surface area contributed by atoms with Gasteiger partial charge in [0.1, 0.15) is 0 Å². The van der Waals surface area contributed by atoms with Crippen molar-refractivity contribution in [3.05, 3.63) is 45.9 Å². The van der Waals surface area contributed by atoms with Crippen LogP contribution >= 0.6 is 15.9 Å². The van der Waals surface area contributed by atoms with Crippen molar-refractivity contribution in [1.82, 2.24) is 4.98 Å². The number of aromatic nitrogens is 1. The Balaban J connectivity index is 0.000000452. The highest BCUT2D eigenvalue weighted by Crippen LogP contribution is 2.31. The molecule has 0 spiro atoms. The highest BCUT2D eigenvalue weighted by atomic mass is 79.9. The van der Waals surface area contributed by atoms with Crippen LogP contribution in [0.25, 0.3) is 21.8 Å². The number of fused-ring (bicyclic) bond motifs is 3. The topological polar surface area (TPSA) is 73.7 Å². The molecular formula is C15H9BrN2O2. The fourth-order valence-electron chi connectivity index (χ4n) is 2.21. The molecule has 0 saturated heterocycles. The van der Waals surface area contributed by atoms with Gasteiger partial charge in [0, 0.05) is 26.3 Å². The van der Waals surface area contributed by atoms with Crippen LogP contribution in [0.4, 0.5) is 0 Å². The van der Waals surface area contributed by atoms with E-state index < -0.39 is 0 Å². The minimum Gasteiger partial charge on any atom is -0.354 e. The van der Waals surface area contributed by atoms with Gasteiger partial charge in [-0.05, 0) is 30.7 Å². The van der Waals surface area contributed by atoms with E-state index in [0.29, 0.717) is 5.56 Å². The Labute approximate surface area is 123 Å². The molecule has 98 valence electrons. The zero-order valence-electron chi connectivity index (χ0n) is 10.5. The van der Waals surface area contributed by atoms with E-state index in [9.17, 15) is 5.26 Å². The first-order valence-corrected chi connectivity index (χ1v) is 6.51. The first kappa shape index (κ1) is 14.0. The van der Waals surface area contributed by atoms with Crippen molar-refractivity contribution < 1.29 is 9.59 Å². The first-order chi connectivity index (χ1) is 9.60. The second kappa shape index (κ2) is 5.70. The molecule has 0 radical (unpaired) electrons. The molecule has 3 aromatic rings. The lowest BCUT2D eigenvalue weighted by Gasteiger charge is -1.96. The highest BCUT2D eigenvalue weighted by Gasteiger charge is 2.09. The molecule has 1 N–H and O–H groups in total. The summed E-state index contributed by atoms with van der Waals surface area (Å²) in [7, 11) is 0. The zero-order valence-corrected chi connectivity index (χ0v) is 12.1. The number of hydrogen-bond donors (Lipinski definition) is 1. The number of carbonyl (C=O) groups excluding carboxylic acids is 2. The van der Waals surface area contributed by atoms with Gasteiger partial charge in [0.05, 0.1) is 11.6 Å². The maximum atomic E-state index is 9.21. The second-order valence-corrected chi connectivity index (χ2v) is 5.16. The third-order valence-corrected chi connectivity index (χ3v) is 3.40. The summed E-state index contributed by atoms with van der Waals surface area (Å²) in [4.78, 5) is 19.6. The van der Waals surface area contributed by atoms with Gasteiger partial charge in [-0.25, -0.2) is 0 Å². The highest BCUT2D eigenvalue weighted by molar-refractivity contribution is 9.10. The smallest absolute Gasteiger partial charge is 0.354 e. The molecule has 0 atom stereocenters.